The van der Waals surface area contributed by atoms with Gasteiger partial charge < -0.3 is 10.6 Å². The van der Waals surface area contributed by atoms with Gasteiger partial charge in [0.05, 0.1) is 4.47 Å². The highest BCUT2D eigenvalue weighted by Gasteiger charge is 2.06. The van der Waals surface area contributed by atoms with Gasteiger partial charge in [0.2, 0.25) is 0 Å². The van der Waals surface area contributed by atoms with Crippen molar-refractivity contribution in [2.75, 3.05) is 25.0 Å². The predicted molar refractivity (Wildman–Crippen MR) is 66.6 cm³/mol. The van der Waals surface area contributed by atoms with Crippen LogP contribution in [0.15, 0.2) is 21.2 Å². The number of anilines is 1. The van der Waals surface area contributed by atoms with Gasteiger partial charge in [-0.1, -0.05) is 0 Å². The fourth-order valence-electron chi connectivity index (χ4n) is 1.12. The third-order valence-electron chi connectivity index (χ3n) is 1.85. The molecule has 1 aromatic heterocycles. The highest BCUT2D eigenvalue weighted by molar-refractivity contribution is 9.11. The van der Waals surface area contributed by atoms with Crippen molar-refractivity contribution in [2.24, 2.45) is 5.73 Å². The zero-order valence-corrected chi connectivity index (χ0v) is 11.2. The van der Waals surface area contributed by atoms with Crippen LogP contribution in [0.5, 0.6) is 0 Å². The Morgan fingerprint density at radius 2 is 2.21 bits per heavy atom. The van der Waals surface area contributed by atoms with Gasteiger partial charge in [-0.3, -0.25) is 0 Å². The van der Waals surface area contributed by atoms with E-state index in [1.807, 2.05) is 13.1 Å². The van der Waals surface area contributed by atoms with E-state index in [4.69, 9.17) is 5.73 Å². The topological polar surface area (TPSA) is 42.1 Å². The quantitative estimate of drug-likeness (QED) is 0.925. The van der Waals surface area contributed by atoms with Crippen molar-refractivity contribution in [1.82, 2.24) is 4.98 Å². The first-order valence-electron chi connectivity index (χ1n) is 4.37. The van der Waals surface area contributed by atoms with Gasteiger partial charge >= 0.3 is 0 Å². The highest BCUT2D eigenvalue weighted by Crippen LogP contribution is 2.25. The van der Waals surface area contributed by atoms with Gasteiger partial charge in [-0.15, -0.1) is 0 Å². The number of hydrogen-bond donors (Lipinski definition) is 1. The number of nitrogens with zero attached hydrogens (tertiary/aromatic N) is 2. The van der Waals surface area contributed by atoms with Crippen LogP contribution in [0, 0.1) is 0 Å². The number of hydrogen-bond acceptors (Lipinski definition) is 3. The Morgan fingerprint density at radius 3 is 2.79 bits per heavy atom. The lowest BCUT2D eigenvalue weighted by Crippen LogP contribution is -2.22. The molecule has 0 spiro atoms. The van der Waals surface area contributed by atoms with E-state index < -0.39 is 0 Å². The molecule has 5 heteroatoms. The maximum Gasteiger partial charge on any atom is 0.142 e. The summed E-state index contributed by atoms with van der Waals surface area (Å²) in [6.07, 6.45) is 2.76. The van der Waals surface area contributed by atoms with Crippen molar-refractivity contribution in [3.8, 4) is 0 Å². The zero-order valence-electron chi connectivity index (χ0n) is 8.00. The van der Waals surface area contributed by atoms with Gasteiger partial charge in [0.1, 0.15) is 5.82 Å². The van der Waals surface area contributed by atoms with Gasteiger partial charge in [0.15, 0.2) is 0 Å². The van der Waals surface area contributed by atoms with E-state index in [1.165, 1.54) is 0 Å². The average Bonchev–Trinajstić information content (AvgIpc) is 2.14. The summed E-state index contributed by atoms with van der Waals surface area (Å²) < 4.78 is 1.96. The molecule has 2 N–H and O–H groups in total. The number of rotatable bonds is 4. The monoisotopic (exact) mass is 321 g/mol. The zero-order chi connectivity index (χ0) is 10.6. The smallest absolute Gasteiger partial charge is 0.142 e. The molecule has 0 unspecified atom stereocenters. The summed E-state index contributed by atoms with van der Waals surface area (Å²) in [5.74, 6) is 0.946. The summed E-state index contributed by atoms with van der Waals surface area (Å²) in [6, 6.07) is 1.99. The maximum absolute atomic E-state index is 5.45. The molecule has 0 aliphatic heterocycles. The van der Waals surface area contributed by atoms with E-state index in [2.05, 4.69) is 41.7 Å². The molecule has 0 atom stereocenters. The van der Waals surface area contributed by atoms with E-state index >= 15 is 0 Å². The van der Waals surface area contributed by atoms with Crippen LogP contribution in [0.1, 0.15) is 6.42 Å². The molecule has 78 valence electrons. The summed E-state index contributed by atoms with van der Waals surface area (Å²) in [4.78, 5) is 6.41. The van der Waals surface area contributed by atoms with Crippen LogP contribution in [-0.2, 0) is 0 Å². The molecule has 0 aromatic carbocycles. The molecule has 0 aliphatic carbocycles. The van der Waals surface area contributed by atoms with Gasteiger partial charge in [-0.05, 0) is 50.9 Å². The van der Waals surface area contributed by atoms with Crippen molar-refractivity contribution in [2.45, 2.75) is 6.42 Å². The minimum atomic E-state index is 0.707. The predicted octanol–water partition coefficient (Wildman–Crippen LogP) is 2.39. The van der Waals surface area contributed by atoms with Crippen LogP contribution >= 0.6 is 31.9 Å². The first kappa shape index (κ1) is 11.9. The molecular formula is C9H13Br2N3. The van der Waals surface area contributed by atoms with Crippen LogP contribution in [0.2, 0.25) is 0 Å². The molecule has 14 heavy (non-hydrogen) atoms. The molecular weight excluding hydrogens is 310 g/mol. The lowest BCUT2D eigenvalue weighted by atomic mass is 10.4. The molecule has 0 amide bonds. The van der Waals surface area contributed by atoms with Crippen molar-refractivity contribution < 1.29 is 0 Å². The first-order chi connectivity index (χ1) is 6.65. The Kier molecular flexibility index (Phi) is 4.84. The van der Waals surface area contributed by atoms with Crippen LogP contribution in [0.3, 0.4) is 0 Å². The van der Waals surface area contributed by atoms with Crippen molar-refractivity contribution >= 4 is 37.7 Å². The molecule has 0 fully saturated rings. The van der Waals surface area contributed by atoms with Crippen molar-refractivity contribution in [3.05, 3.63) is 21.2 Å². The Balaban J connectivity index is 2.74. The number of pyridine rings is 1. The molecule has 0 bridgehead atoms. The lowest BCUT2D eigenvalue weighted by molar-refractivity contribution is 0.785. The van der Waals surface area contributed by atoms with Gasteiger partial charge in [-0.25, -0.2) is 4.98 Å². The fourth-order valence-corrected chi connectivity index (χ4v) is 2.41. The molecule has 1 heterocycles. The number of halogens is 2. The van der Waals surface area contributed by atoms with Crippen LogP contribution in [-0.4, -0.2) is 25.1 Å². The SMILES string of the molecule is CN(CCCN)c1ncc(Br)cc1Br. The Labute approximate surface area is 101 Å². The third-order valence-corrected chi connectivity index (χ3v) is 2.86. The second kappa shape index (κ2) is 5.68. The fraction of sp³-hybridized carbons (Fsp3) is 0.444. The normalized spacial score (nSPS) is 10.3. The van der Waals surface area contributed by atoms with E-state index in [1.54, 1.807) is 6.20 Å². The van der Waals surface area contributed by atoms with Crippen LogP contribution in [0.25, 0.3) is 0 Å². The Bertz CT molecular complexity index is 304. The van der Waals surface area contributed by atoms with E-state index in [9.17, 15) is 0 Å². The van der Waals surface area contributed by atoms with Gasteiger partial charge in [0.25, 0.3) is 0 Å². The summed E-state index contributed by atoms with van der Waals surface area (Å²) in [7, 11) is 2.01. The van der Waals surface area contributed by atoms with E-state index in [-0.39, 0.29) is 0 Å². The Hall–Kier alpha value is -0.130. The lowest BCUT2D eigenvalue weighted by Gasteiger charge is -2.18. The maximum atomic E-state index is 5.45. The van der Waals surface area contributed by atoms with Crippen molar-refractivity contribution in [1.29, 1.82) is 0 Å². The minimum absolute atomic E-state index is 0.707. The minimum Gasteiger partial charge on any atom is -0.359 e. The van der Waals surface area contributed by atoms with Gasteiger partial charge in [-0.2, -0.15) is 0 Å². The molecule has 0 aliphatic rings. The number of aromatic nitrogens is 1. The van der Waals surface area contributed by atoms with Gasteiger partial charge in [0, 0.05) is 24.3 Å². The summed E-state index contributed by atoms with van der Waals surface area (Å²) in [5.41, 5.74) is 5.45. The molecule has 1 aromatic rings. The molecule has 3 nitrogen and oxygen atoms in total. The molecule has 1 rings (SSSR count). The second-order valence-electron chi connectivity index (χ2n) is 3.02. The van der Waals surface area contributed by atoms with Crippen molar-refractivity contribution in [3.63, 3.8) is 0 Å². The first-order valence-corrected chi connectivity index (χ1v) is 5.96. The highest BCUT2D eigenvalue weighted by atomic mass is 79.9. The summed E-state index contributed by atoms with van der Waals surface area (Å²) >= 11 is 6.84. The average molecular weight is 323 g/mol. The van der Waals surface area contributed by atoms with E-state index in [0.29, 0.717) is 6.54 Å². The third kappa shape index (κ3) is 3.22. The Morgan fingerprint density at radius 1 is 1.50 bits per heavy atom. The van der Waals surface area contributed by atoms with Crippen LogP contribution in [0.4, 0.5) is 5.82 Å². The standard InChI is InChI=1S/C9H13Br2N3/c1-14(4-2-3-12)9-8(11)5-7(10)6-13-9/h5-6H,2-4,12H2,1H3. The van der Waals surface area contributed by atoms with E-state index in [0.717, 1.165) is 27.7 Å². The summed E-state index contributed by atoms with van der Waals surface area (Å²) in [6.45, 7) is 1.63. The molecule has 0 saturated carbocycles. The van der Waals surface area contributed by atoms with Crippen LogP contribution < -0.4 is 10.6 Å². The largest absolute Gasteiger partial charge is 0.359 e. The second-order valence-corrected chi connectivity index (χ2v) is 4.79. The summed E-state index contributed by atoms with van der Waals surface area (Å²) in [5, 5.41) is 0. The molecule has 0 saturated heterocycles. The number of nitrogens with two attached hydrogens (primary N) is 1. The molecule has 0 radical (unpaired) electrons.